The standard InChI is InChI=1S/C19H21BrN2O3S/c20-16-8-10-17(11-9-16)26(24,25)21-13-12-19(23)22-14-4-7-18(22)15-5-2-1-3-6-15/h1-3,5-6,8-11,18,21H,4,7,12-14H2/t18-/m1/s1. The van der Waals surface area contributed by atoms with Crippen LogP contribution in [0.25, 0.3) is 0 Å². The molecule has 1 saturated heterocycles. The Morgan fingerprint density at radius 1 is 1.12 bits per heavy atom. The Hall–Kier alpha value is -1.70. The highest BCUT2D eigenvalue weighted by Gasteiger charge is 2.29. The predicted octanol–water partition coefficient (Wildman–Crippen LogP) is 3.48. The molecule has 2 aromatic carbocycles. The summed E-state index contributed by atoms with van der Waals surface area (Å²) >= 11 is 3.28. The summed E-state index contributed by atoms with van der Waals surface area (Å²) in [6.45, 7) is 0.813. The van der Waals surface area contributed by atoms with Crippen LogP contribution < -0.4 is 4.72 Å². The molecule has 0 aromatic heterocycles. The Labute approximate surface area is 162 Å². The molecule has 3 rings (SSSR count). The van der Waals surface area contributed by atoms with Crippen molar-refractivity contribution in [2.45, 2.75) is 30.2 Å². The van der Waals surface area contributed by atoms with Crippen LogP contribution in [0, 0.1) is 0 Å². The molecule has 0 radical (unpaired) electrons. The van der Waals surface area contributed by atoms with Gasteiger partial charge >= 0.3 is 0 Å². The molecule has 0 saturated carbocycles. The monoisotopic (exact) mass is 436 g/mol. The van der Waals surface area contributed by atoms with Crippen molar-refractivity contribution in [2.24, 2.45) is 0 Å². The highest BCUT2D eigenvalue weighted by molar-refractivity contribution is 9.10. The van der Waals surface area contributed by atoms with Crippen LogP contribution >= 0.6 is 15.9 Å². The summed E-state index contributed by atoms with van der Waals surface area (Å²) in [6.07, 6.45) is 2.06. The van der Waals surface area contributed by atoms with E-state index in [1.807, 2.05) is 35.2 Å². The first-order valence-electron chi connectivity index (χ1n) is 8.57. The van der Waals surface area contributed by atoms with E-state index in [2.05, 4.69) is 20.7 Å². The van der Waals surface area contributed by atoms with Crippen LogP contribution in [-0.2, 0) is 14.8 Å². The van der Waals surface area contributed by atoms with Gasteiger partial charge in [0.1, 0.15) is 0 Å². The summed E-state index contributed by atoms with van der Waals surface area (Å²) in [5.41, 5.74) is 1.13. The van der Waals surface area contributed by atoms with Crippen LogP contribution in [0.4, 0.5) is 0 Å². The number of benzene rings is 2. The normalized spacial score (nSPS) is 17.4. The molecule has 5 nitrogen and oxygen atoms in total. The fraction of sp³-hybridized carbons (Fsp3) is 0.316. The van der Waals surface area contributed by atoms with E-state index in [1.54, 1.807) is 12.1 Å². The SMILES string of the molecule is O=C(CCNS(=O)(=O)c1ccc(Br)cc1)N1CCC[C@@H]1c1ccccc1. The summed E-state index contributed by atoms with van der Waals surface area (Å²) < 4.78 is 27.9. The summed E-state index contributed by atoms with van der Waals surface area (Å²) in [4.78, 5) is 14.6. The van der Waals surface area contributed by atoms with Gasteiger partial charge in [-0.15, -0.1) is 0 Å². The molecule has 7 heteroatoms. The number of halogens is 1. The zero-order valence-corrected chi connectivity index (χ0v) is 16.7. The second-order valence-electron chi connectivity index (χ2n) is 6.26. The van der Waals surface area contributed by atoms with Crippen LogP contribution in [0.3, 0.4) is 0 Å². The Morgan fingerprint density at radius 3 is 2.50 bits per heavy atom. The van der Waals surface area contributed by atoms with Crippen molar-refractivity contribution in [3.8, 4) is 0 Å². The van der Waals surface area contributed by atoms with Gasteiger partial charge in [-0.3, -0.25) is 4.79 Å². The van der Waals surface area contributed by atoms with E-state index in [0.29, 0.717) is 0 Å². The molecule has 0 aliphatic carbocycles. The van der Waals surface area contributed by atoms with E-state index in [-0.39, 0.29) is 29.8 Å². The highest BCUT2D eigenvalue weighted by Crippen LogP contribution is 2.32. The van der Waals surface area contributed by atoms with Crippen LogP contribution in [-0.4, -0.2) is 32.3 Å². The molecule has 1 aliphatic heterocycles. The van der Waals surface area contributed by atoms with Crippen LogP contribution in [0.2, 0.25) is 0 Å². The number of sulfonamides is 1. The molecule has 1 amide bonds. The number of hydrogen-bond acceptors (Lipinski definition) is 3. The van der Waals surface area contributed by atoms with Crippen molar-refractivity contribution in [3.63, 3.8) is 0 Å². The fourth-order valence-electron chi connectivity index (χ4n) is 3.22. The van der Waals surface area contributed by atoms with Crippen molar-refractivity contribution < 1.29 is 13.2 Å². The maximum absolute atomic E-state index is 12.6. The number of nitrogens with one attached hydrogen (secondary N) is 1. The molecule has 1 N–H and O–H groups in total. The molecular formula is C19H21BrN2O3S. The Balaban J connectivity index is 1.57. The third kappa shape index (κ3) is 4.52. The molecule has 0 bridgehead atoms. The molecule has 1 heterocycles. The van der Waals surface area contributed by atoms with Crippen molar-refractivity contribution >= 4 is 31.9 Å². The lowest BCUT2D eigenvalue weighted by molar-refractivity contribution is -0.131. The minimum Gasteiger partial charge on any atom is -0.336 e. The average Bonchev–Trinajstić information content (AvgIpc) is 3.12. The number of carbonyl (C=O) groups excluding carboxylic acids is 1. The Morgan fingerprint density at radius 2 is 1.81 bits per heavy atom. The summed E-state index contributed by atoms with van der Waals surface area (Å²) in [5, 5.41) is 0. The van der Waals surface area contributed by atoms with Gasteiger partial charge in [0.2, 0.25) is 15.9 Å². The first-order chi connectivity index (χ1) is 12.5. The molecule has 1 aliphatic rings. The summed E-state index contributed by atoms with van der Waals surface area (Å²) in [7, 11) is -3.60. The predicted molar refractivity (Wildman–Crippen MR) is 104 cm³/mol. The lowest BCUT2D eigenvalue weighted by Gasteiger charge is -2.25. The quantitative estimate of drug-likeness (QED) is 0.753. The summed E-state index contributed by atoms with van der Waals surface area (Å²) in [6, 6.07) is 16.5. The van der Waals surface area contributed by atoms with E-state index < -0.39 is 10.0 Å². The van der Waals surface area contributed by atoms with Gasteiger partial charge in [-0.05, 0) is 42.7 Å². The minimum atomic E-state index is -3.60. The summed E-state index contributed by atoms with van der Waals surface area (Å²) in [5.74, 6) is -0.0186. The number of carbonyl (C=O) groups is 1. The van der Waals surface area contributed by atoms with E-state index in [9.17, 15) is 13.2 Å². The molecular weight excluding hydrogens is 416 g/mol. The van der Waals surface area contributed by atoms with Crippen molar-refractivity contribution in [3.05, 3.63) is 64.6 Å². The third-order valence-electron chi connectivity index (χ3n) is 4.51. The van der Waals surface area contributed by atoms with E-state index in [4.69, 9.17) is 0 Å². The van der Waals surface area contributed by atoms with Gasteiger partial charge in [0.25, 0.3) is 0 Å². The minimum absolute atomic E-state index is 0.0186. The van der Waals surface area contributed by atoms with Crippen LogP contribution in [0.5, 0.6) is 0 Å². The van der Waals surface area contributed by atoms with Gasteiger partial charge in [0, 0.05) is 24.0 Å². The van der Waals surface area contributed by atoms with Gasteiger partial charge in [-0.25, -0.2) is 13.1 Å². The zero-order chi connectivity index (χ0) is 18.6. The van der Waals surface area contributed by atoms with Gasteiger partial charge in [0.05, 0.1) is 10.9 Å². The smallest absolute Gasteiger partial charge is 0.240 e. The first kappa shape index (κ1) is 19.1. The number of likely N-dealkylation sites (tertiary alicyclic amines) is 1. The molecule has 0 spiro atoms. The van der Waals surface area contributed by atoms with Gasteiger partial charge in [-0.2, -0.15) is 0 Å². The van der Waals surface area contributed by atoms with E-state index in [0.717, 1.165) is 29.4 Å². The Bertz CT molecular complexity index is 854. The number of amides is 1. The first-order valence-corrected chi connectivity index (χ1v) is 10.8. The van der Waals surface area contributed by atoms with Crippen molar-refractivity contribution in [1.82, 2.24) is 9.62 Å². The molecule has 0 unspecified atom stereocenters. The lowest BCUT2D eigenvalue weighted by Crippen LogP contribution is -2.34. The molecule has 2 aromatic rings. The van der Waals surface area contributed by atoms with Crippen LogP contribution in [0.1, 0.15) is 30.9 Å². The second-order valence-corrected chi connectivity index (χ2v) is 8.94. The van der Waals surface area contributed by atoms with Gasteiger partial charge in [-0.1, -0.05) is 46.3 Å². The maximum Gasteiger partial charge on any atom is 0.240 e. The fourth-order valence-corrected chi connectivity index (χ4v) is 4.52. The van der Waals surface area contributed by atoms with Gasteiger partial charge in [0.15, 0.2) is 0 Å². The molecule has 138 valence electrons. The molecule has 26 heavy (non-hydrogen) atoms. The topological polar surface area (TPSA) is 66.5 Å². The number of nitrogens with zero attached hydrogens (tertiary/aromatic N) is 1. The largest absolute Gasteiger partial charge is 0.336 e. The third-order valence-corrected chi connectivity index (χ3v) is 6.52. The highest BCUT2D eigenvalue weighted by atomic mass is 79.9. The average molecular weight is 437 g/mol. The lowest BCUT2D eigenvalue weighted by atomic mass is 10.0. The Kier molecular flexibility index (Phi) is 6.11. The van der Waals surface area contributed by atoms with Crippen molar-refractivity contribution in [1.29, 1.82) is 0 Å². The number of hydrogen-bond donors (Lipinski definition) is 1. The van der Waals surface area contributed by atoms with Crippen LogP contribution in [0.15, 0.2) is 64.0 Å². The van der Waals surface area contributed by atoms with Gasteiger partial charge < -0.3 is 4.90 Å². The molecule has 1 fully saturated rings. The maximum atomic E-state index is 12.6. The van der Waals surface area contributed by atoms with E-state index >= 15 is 0 Å². The van der Waals surface area contributed by atoms with Crippen molar-refractivity contribution in [2.75, 3.05) is 13.1 Å². The van der Waals surface area contributed by atoms with E-state index in [1.165, 1.54) is 12.1 Å². The zero-order valence-electron chi connectivity index (χ0n) is 14.3. The molecule has 1 atom stereocenters. The second kappa shape index (κ2) is 8.33. The number of rotatable bonds is 6.